The summed E-state index contributed by atoms with van der Waals surface area (Å²) < 4.78 is 5.15. The van der Waals surface area contributed by atoms with E-state index in [-0.39, 0.29) is 5.91 Å². The lowest BCUT2D eigenvalue weighted by Gasteiger charge is -2.03. The van der Waals surface area contributed by atoms with Crippen molar-refractivity contribution in [1.29, 1.82) is 0 Å². The first-order valence-corrected chi connectivity index (χ1v) is 5.95. The summed E-state index contributed by atoms with van der Waals surface area (Å²) in [5.74, 6) is 0.734. The Balaban J connectivity index is 1.75. The average molecular weight is 244 g/mol. The molecule has 0 saturated carbocycles. The lowest BCUT2D eigenvalue weighted by molar-refractivity contribution is -0.121. The Morgan fingerprint density at radius 1 is 1.33 bits per heavy atom. The number of amides is 1. The van der Waals surface area contributed by atoms with Gasteiger partial charge in [-0.15, -0.1) is 0 Å². The van der Waals surface area contributed by atoms with Crippen LogP contribution in [0.25, 0.3) is 0 Å². The van der Waals surface area contributed by atoms with Crippen molar-refractivity contribution in [3.63, 3.8) is 0 Å². The SMILES string of the molecule is Cc1ncoc1CNC(=O)CCc1ccccc1. The maximum absolute atomic E-state index is 11.6. The van der Waals surface area contributed by atoms with Crippen molar-refractivity contribution in [3.05, 3.63) is 53.7 Å². The van der Waals surface area contributed by atoms with E-state index in [2.05, 4.69) is 10.3 Å². The third-order valence-electron chi connectivity index (χ3n) is 2.77. The molecule has 0 spiro atoms. The molecule has 0 radical (unpaired) electrons. The number of carbonyl (C=O) groups excluding carboxylic acids is 1. The summed E-state index contributed by atoms with van der Waals surface area (Å²) in [5.41, 5.74) is 1.99. The van der Waals surface area contributed by atoms with Gasteiger partial charge in [0, 0.05) is 6.42 Å². The topological polar surface area (TPSA) is 55.1 Å². The predicted molar refractivity (Wildman–Crippen MR) is 67.8 cm³/mol. The van der Waals surface area contributed by atoms with Crippen molar-refractivity contribution in [3.8, 4) is 0 Å². The van der Waals surface area contributed by atoms with Gasteiger partial charge in [-0.2, -0.15) is 0 Å². The van der Waals surface area contributed by atoms with Crippen LogP contribution in [0.1, 0.15) is 23.4 Å². The maximum atomic E-state index is 11.6. The summed E-state index contributed by atoms with van der Waals surface area (Å²) in [6, 6.07) is 9.97. The van der Waals surface area contributed by atoms with Crippen LogP contribution in [-0.4, -0.2) is 10.9 Å². The minimum Gasteiger partial charge on any atom is -0.446 e. The lowest BCUT2D eigenvalue weighted by Crippen LogP contribution is -2.23. The number of hydrogen-bond donors (Lipinski definition) is 1. The highest BCUT2D eigenvalue weighted by Crippen LogP contribution is 2.05. The fourth-order valence-corrected chi connectivity index (χ4v) is 1.67. The summed E-state index contributed by atoms with van der Waals surface area (Å²) in [4.78, 5) is 15.6. The van der Waals surface area contributed by atoms with Crippen LogP contribution in [0.5, 0.6) is 0 Å². The molecular formula is C14H16N2O2. The molecule has 0 aliphatic heterocycles. The van der Waals surface area contributed by atoms with Crippen molar-refractivity contribution in [2.75, 3.05) is 0 Å². The van der Waals surface area contributed by atoms with E-state index in [9.17, 15) is 4.79 Å². The number of nitrogens with one attached hydrogen (secondary N) is 1. The van der Waals surface area contributed by atoms with E-state index >= 15 is 0 Å². The molecule has 0 unspecified atom stereocenters. The van der Waals surface area contributed by atoms with Gasteiger partial charge in [0.1, 0.15) is 5.76 Å². The fraction of sp³-hybridized carbons (Fsp3) is 0.286. The molecule has 0 bridgehead atoms. The number of rotatable bonds is 5. The first-order valence-electron chi connectivity index (χ1n) is 5.95. The first-order chi connectivity index (χ1) is 8.75. The zero-order valence-corrected chi connectivity index (χ0v) is 10.3. The molecule has 1 amide bonds. The first kappa shape index (κ1) is 12.4. The van der Waals surface area contributed by atoms with Crippen LogP contribution in [0.15, 0.2) is 41.1 Å². The highest BCUT2D eigenvalue weighted by molar-refractivity contribution is 5.76. The second-order valence-electron chi connectivity index (χ2n) is 4.12. The molecule has 0 saturated heterocycles. The molecule has 1 heterocycles. The Kier molecular flexibility index (Phi) is 4.12. The van der Waals surface area contributed by atoms with Crippen LogP contribution in [0.3, 0.4) is 0 Å². The number of aryl methyl sites for hydroxylation is 2. The molecule has 0 fully saturated rings. The maximum Gasteiger partial charge on any atom is 0.220 e. The number of carbonyl (C=O) groups is 1. The number of oxazole rings is 1. The molecule has 0 aliphatic rings. The third kappa shape index (κ3) is 3.45. The van der Waals surface area contributed by atoms with Gasteiger partial charge in [-0.1, -0.05) is 30.3 Å². The smallest absolute Gasteiger partial charge is 0.220 e. The van der Waals surface area contributed by atoms with Crippen LogP contribution >= 0.6 is 0 Å². The van der Waals surface area contributed by atoms with Crippen molar-refractivity contribution >= 4 is 5.91 Å². The van der Waals surface area contributed by atoms with Crippen molar-refractivity contribution < 1.29 is 9.21 Å². The molecule has 94 valence electrons. The monoisotopic (exact) mass is 244 g/mol. The lowest BCUT2D eigenvalue weighted by atomic mass is 10.1. The summed E-state index contributed by atoms with van der Waals surface area (Å²) in [6.45, 7) is 2.26. The van der Waals surface area contributed by atoms with E-state index in [0.717, 1.165) is 12.1 Å². The molecule has 2 rings (SSSR count). The van der Waals surface area contributed by atoms with E-state index in [1.165, 1.54) is 12.0 Å². The van der Waals surface area contributed by atoms with Crippen molar-refractivity contribution in [2.24, 2.45) is 0 Å². The Morgan fingerprint density at radius 3 is 2.78 bits per heavy atom. The highest BCUT2D eigenvalue weighted by atomic mass is 16.3. The molecule has 1 N–H and O–H groups in total. The number of nitrogens with zero attached hydrogens (tertiary/aromatic N) is 1. The normalized spacial score (nSPS) is 10.3. The van der Waals surface area contributed by atoms with Crippen LogP contribution in [0, 0.1) is 6.92 Å². The van der Waals surface area contributed by atoms with Crippen LogP contribution < -0.4 is 5.32 Å². The van der Waals surface area contributed by atoms with E-state index in [1.54, 1.807) is 0 Å². The van der Waals surface area contributed by atoms with Crippen molar-refractivity contribution in [1.82, 2.24) is 10.3 Å². The van der Waals surface area contributed by atoms with Gasteiger partial charge in [0.15, 0.2) is 6.39 Å². The van der Waals surface area contributed by atoms with Gasteiger partial charge in [0.2, 0.25) is 5.91 Å². The zero-order valence-electron chi connectivity index (χ0n) is 10.3. The molecular weight excluding hydrogens is 228 g/mol. The second kappa shape index (κ2) is 6.00. The predicted octanol–water partition coefficient (Wildman–Crippen LogP) is 2.23. The van der Waals surface area contributed by atoms with Crippen molar-refractivity contribution in [2.45, 2.75) is 26.3 Å². The highest BCUT2D eigenvalue weighted by Gasteiger charge is 2.06. The second-order valence-corrected chi connectivity index (χ2v) is 4.12. The molecule has 0 atom stereocenters. The minimum atomic E-state index is 0.0228. The van der Waals surface area contributed by atoms with Gasteiger partial charge < -0.3 is 9.73 Å². The van der Waals surface area contributed by atoms with Gasteiger partial charge in [0.05, 0.1) is 12.2 Å². The van der Waals surface area contributed by atoms with Gasteiger partial charge in [-0.05, 0) is 18.9 Å². The molecule has 0 aliphatic carbocycles. The van der Waals surface area contributed by atoms with Crippen LogP contribution in [0.4, 0.5) is 0 Å². The minimum absolute atomic E-state index is 0.0228. The summed E-state index contributed by atoms with van der Waals surface area (Å²) in [5, 5.41) is 2.82. The molecule has 4 nitrogen and oxygen atoms in total. The molecule has 1 aromatic heterocycles. The van der Waals surface area contributed by atoms with Gasteiger partial charge in [-0.3, -0.25) is 4.79 Å². The average Bonchev–Trinajstić information content (AvgIpc) is 2.81. The Bertz CT molecular complexity index is 506. The van der Waals surface area contributed by atoms with Crippen LogP contribution in [-0.2, 0) is 17.8 Å². The largest absolute Gasteiger partial charge is 0.446 e. The molecule has 1 aromatic carbocycles. The molecule has 4 heteroatoms. The fourth-order valence-electron chi connectivity index (χ4n) is 1.67. The third-order valence-corrected chi connectivity index (χ3v) is 2.77. The van der Waals surface area contributed by atoms with Crippen LogP contribution in [0.2, 0.25) is 0 Å². The summed E-state index contributed by atoms with van der Waals surface area (Å²) >= 11 is 0. The van der Waals surface area contributed by atoms with E-state index in [4.69, 9.17) is 4.42 Å². The van der Waals surface area contributed by atoms with Gasteiger partial charge in [-0.25, -0.2) is 4.98 Å². The number of aromatic nitrogens is 1. The number of hydrogen-bond acceptors (Lipinski definition) is 3. The Morgan fingerprint density at radius 2 is 2.11 bits per heavy atom. The Labute approximate surface area is 106 Å². The molecule has 2 aromatic rings. The standard InChI is InChI=1S/C14H16N2O2/c1-11-13(18-10-16-11)9-15-14(17)8-7-12-5-3-2-4-6-12/h2-6,10H,7-9H2,1H3,(H,15,17). The van der Waals surface area contributed by atoms with E-state index in [1.807, 2.05) is 37.3 Å². The summed E-state index contributed by atoms with van der Waals surface area (Å²) in [6.07, 6.45) is 2.63. The van der Waals surface area contributed by atoms with E-state index < -0.39 is 0 Å². The van der Waals surface area contributed by atoms with Gasteiger partial charge in [0.25, 0.3) is 0 Å². The Hall–Kier alpha value is -2.10. The van der Waals surface area contributed by atoms with E-state index in [0.29, 0.717) is 18.7 Å². The zero-order chi connectivity index (χ0) is 12.8. The summed E-state index contributed by atoms with van der Waals surface area (Å²) in [7, 11) is 0. The van der Waals surface area contributed by atoms with Gasteiger partial charge >= 0.3 is 0 Å². The quantitative estimate of drug-likeness (QED) is 0.877. The number of benzene rings is 1. The molecule has 18 heavy (non-hydrogen) atoms.